The van der Waals surface area contributed by atoms with E-state index in [1.807, 2.05) is 153 Å². The maximum Gasteiger partial charge on any atom is 0.196 e. The number of benzene rings is 13. The summed E-state index contributed by atoms with van der Waals surface area (Å²) in [6.07, 6.45) is 6.50. The first kappa shape index (κ1) is 98.3. The van der Waals surface area contributed by atoms with Gasteiger partial charge >= 0.3 is 0 Å². The highest BCUT2D eigenvalue weighted by atomic mass is 16.5. The minimum absolute atomic E-state index is 0.0711. The van der Waals surface area contributed by atoms with Crippen LogP contribution in [-0.2, 0) is 66.0 Å². The molecular weight excluding hydrogens is 1640 g/mol. The number of allylic oxidation sites excluding steroid dienone is 1. The molecular formula is C110H127N9O12. The predicted octanol–water partition coefficient (Wildman–Crippen LogP) is 24.6. The first-order chi connectivity index (χ1) is 62.5. The summed E-state index contributed by atoms with van der Waals surface area (Å²) in [4.78, 5) is 16.7. The Hall–Kier alpha value is -13.3. The predicted molar refractivity (Wildman–Crippen MR) is 528 cm³/mol. The number of aromatic hydroxyl groups is 4. The van der Waals surface area contributed by atoms with Crippen LogP contribution in [0.5, 0.6) is 34.5 Å². The molecule has 16 aromatic rings. The van der Waals surface area contributed by atoms with Crippen molar-refractivity contribution in [2.24, 2.45) is 10.8 Å². The van der Waals surface area contributed by atoms with Gasteiger partial charge in [-0.05, 0) is 211 Å². The molecule has 3 aromatic heterocycles. The van der Waals surface area contributed by atoms with Crippen molar-refractivity contribution in [1.29, 1.82) is 0 Å². The molecule has 1 aliphatic carbocycles. The summed E-state index contributed by atoms with van der Waals surface area (Å²) in [6, 6.07) is 81.3. The molecule has 1 fully saturated rings. The second kappa shape index (κ2) is 43.9. The average molecular weight is 1770 g/mol. The third kappa shape index (κ3) is 25.6. The maximum absolute atomic E-state index is 12.1. The number of methoxy groups -OCH3 is 7. The van der Waals surface area contributed by atoms with Crippen molar-refractivity contribution in [3.05, 3.63) is 317 Å². The summed E-state index contributed by atoms with van der Waals surface area (Å²) in [5.41, 5.74) is 15.9. The number of hydrogen-bond donors (Lipinski definition) is 4. The van der Waals surface area contributed by atoms with Crippen LogP contribution >= 0.6 is 0 Å². The Labute approximate surface area is 770 Å². The summed E-state index contributed by atoms with van der Waals surface area (Å²) >= 11 is 0. The Morgan fingerprint density at radius 1 is 0.412 bits per heavy atom. The minimum Gasteiger partial charge on any atom is -0.507 e. The topological polar surface area (TPSA) is 255 Å². The molecule has 3 heterocycles. The standard InChI is InChI=1S/C21H25N3O2.C17H13N3O.C16H26O2.C16H14O.C15H15N3O2.C14H12O3.C11H22O/c1-14(26-5)10-11-15-12-16(21(2,3)4)20(25)19(13-15)24-22-17-8-6-7-9-18(17)23-24;1-21-17-11-10-16(12-6-2-3-7-13(12)17)20-18-14-8-4-5-9-15(14)19-20;1-15(2,3)12-8-11(10-18-7)9-13(14(12)17)16(4,5)6;1-17-11-16-14-8-4-2-6-12(14)10-13-7-3-5-9-15(13)16;1-20-9-8-11-6-7-15(19)14(10-11)18-16-12-4-2-3-5-13(12)17-18;1-17-11-7-8-12(13(15)9-11)14(16)10-5-3-2-4-6-10;1-10(2)6-9(12-5)7-11(3,4)8-10/h6-9,12-13,25H,1,10-11H2,2-5H3;2-11H,1H3;8-9,17H,10H2,1-7H3;2-10H,11H2,1H3;2-7,10,19H,8-9H2,1H3;2-9,15H,1H3;9H,6-8H2,1-5H3. The van der Waals surface area contributed by atoms with Crippen LogP contribution in [0.3, 0.4) is 0 Å². The second-order valence-corrected chi connectivity index (χ2v) is 37.4. The lowest BCUT2D eigenvalue weighted by molar-refractivity contribution is -0.0267. The Morgan fingerprint density at radius 3 is 1.31 bits per heavy atom. The van der Waals surface area contributed by atoms with Gasteiger partial charge in [0.25, 0.3) is 0 Å². The fourth-order valence-corrected chi connectivity index (χ4v) is 16.5. The molecule has 131 heavy (non-hydrogen) atoms. The number of nitrogens with zero attached hydrogens (tertiary/aromatic N) is 9. The molecule has 0 spiro atoms. The van der Waals surface area contributed by atoms with E-state index in [0.717, 1.165) is 114 Å². The van der Waals surface area contributed by atoms with Crippen molar-refractivity contribution >= 4 is 71.2 Å². The fraction of sp³-hybridized carbons (Fsp3) is 0.318. The van der Waals surface area contributed by atoms with Crippen LogP contribution in [0.2, 0.25) is 0 Å². The lowest BCUT2D eigenvalue weighted by Crippen LogP contribution is -2.37. The highest BCUT2D eigenvalue weighted by Gasteiger charge is 2.38. The quantitative estimate of drug-likeness (QED) is 0.0333. The molecule has 17 rings (SSSR count). The van der Waals surface area contributed by atoms with Gasteiger partial charge in [-0.1, -0.05) is 248 Å². The highest BCUT2D eigenvalue weighted by Crippen LogP contribution is 2.47. The SMILES string of the molecule is C=C(CCc1cc(-n2nc3ccccc3n2)c(O)c(C(C)(C)C)c1)OC.COC1CC(C)(C)CC(C)(C)C1.COCCc1ccc(O)c(-n2nc3ccccc3n2)c1.COCc1c2ccccc2cc2ccccc12.COCc1cc(C(C)(C)C)c(O)c(C(C)(C)C)c1.COc1ccc(-n2nc3ccccc3n2)c2ccccc12.COc1ccc(C(=O)c2ccccc2)c(O)c1. The molecule has 21 heteroatoms. The number of aryl methyl sites for hydroxylation is 1. The van der Waals surface area contributed by atoms with Gasteiger partial charge in [0.1, 0.15) is 79.0 Å². The Morgan fingerprint density at radius 2 is 0.855 bits per heavy atom. The van der Waals surface area contributed by atoms with Gasteiger partial charge in [0, 0.05) is 62.8 Å². The zero-order chi connectivity index (χ0) is 94.5. The summed E-state index contributed by atoms with van der Waals surface area (Å²) in [5, 5.41) is 75.3. The normalized spacial score (nSPS) is 12.9. The van der Waals surface area contributed by atoms with Crippen LogP contribution in [0.1, 0.15) is 171 Å². The number of carbonyl (C=O) groups excluding carboxylic acids is 1. The number of phenolic OH excluding ortho intramolecular Hbond substituents is 4. The molecule has 13 aromatic carbocycles. The van der Waals surface area contributed by atoms with Crippen LogP contribution < -0.4 is 9.47 Å². The number of ether oxygens (including phenoxy) is 7. The van der Waals surface area contributed by atoms with Crippen LogP contribution in [0.25, 0.3) is 82.5 Å². The van der Waals surface area contributed by atoms with Crippen molar-refractivity contribution in [3.8, 4) is 51.6 Å². The van der Waals surface area contributed by atoms with Crippen LogP contribution in [0, 0.1) is 10.8 Å². The number of aromatic nitrogens is 9. The third-order valence-electron chi connectivity index (χ3n) is 22.8. The van der Waals surface area contributed by atoms with Crippen molar-refractivity contribution in [3.63, 3.8) is 0 Å². The third-order valence-corrected chi connectivity index (χ3v) is 22.8. The molecule has 0 atom stereocenters. The summed E-state index contributed by atoms with van der Waals surface area (Å²) in [6.45, 7) is 34.1. The van der Waals surface area contributed by atoms with E-state index in [0.29, 0.717) is 65.2 Å². The van der Waals surface area contributed by atoms with Crippen LogP contribution in [0.4, 0.5) is 0 Å². The number of hydrogen-bond acceptors (Lipinski definition) is 18. The molecule has 0 aliphatic heterocycles. The highest BCUT2D eigenvalue weighted by molar-refractivity contribution is 6.10. The van der Waals surface area contributed by atoms with Gasteiger partial charge in [-0.2, -0.15) is 0 Å². The van der Waals surface area contributed by atoms with Gasteiger partial charge in [-0.25, -0.2) is 0 Å². The molecule has 0 unspecified atom stereocenters. The molecule has 0 saturated heterocycles. The maximum atomic E-state index is 12.1. The Bertz CT molecular complexity index is 6350. The Balaban J connectivity index is 0.000000149. The lowest BCUT2D eigenvalue weighted by atomic mass is 9.64. The van der Waals surface area contributed by atoms with E-state index in [2.05, 4.69) is 188 Å². The zero-order valence-corrected chi connectivity index (χ0v) is 79.5. The fourth-order valence-electron chi connectivity index (χ4n) is 16.5. The van der Waals surface area contributed by atoms with Gasteiger partial charge in [0.2, 0.25) is 0 Å². The molecule has 0 bridgehead atoms. The van der Waals surface area contributed by atoms with E-state index >= 15 is 0 Å². The van der Waals surface area contributed by atoms with Gasteiger partial charge < -0.3 is 53.6 Å². The van der Waals surface area contributed by atoms with E-state index in [1.165, 1.54) is 69.1 Å². The smallest absolute Gasteiger partial charge is 0.196 e. The van der Waals surface area contributed by atoms with Crippen molar-refractivity contribution in [2.75, 3.05) is 56.4 Å². The van der Waals surface area contributed by atoms with Crippen LogP contribution in [-0.4, -0.2) is 134 Å². The largest absolute Gasteiger partial charge is 0.507 e. The summed E-state index contributed by atoms with van der Waals surface area (Å²) in [5.74, 6) is 2.63. The van der Waals surface area contributed by atoms with Gasteiger partial charge in [-0.15, -0.1) is 45.0 Å². The van der Waals surface area contributed by atoms with E-state index in [9.17, 15) is 25.2 Å². The number of rotatable bonds is 19. The van der Waals surface area contributed by atoms with E-state index in [1.54, 1.807) is 82.8 Å². The molecule has 684 valence electrons. The number of fused-ring (bicyclic) bond motifs is 6. The molecule has 0 radical (unpaired) electrons. The van der Waals surface area contributed by atoms with E-state index in [4.69, 9.17) is 33.2 Å². The minimum atomic E-state index is -0.209. The molecule has 21 nitrogen and oxygen atoms in total. The first-order valence-corrected chi connectivity index (χ1v) is 44.1. The molecule has 1 aliphatic rings. The zero-order valence-electron chi connectivity index (χ0n) is 79.5. The summed E-state index contributed by atoms with van der Waals surface area (Å²) in [7, 11) is 11.8. The van der Waals surface area contributed by atoms with Crippen molar-refractivity contribution < 1.29 is 58.4 Å². The Kier molecular flexibility index (Phi) is 32.9. The lowest BCUT2D eigenvalue weighted by Gasteiger charge is -2.44. The van der Waals surface area contributed by atoms with Crippen LogP contribution in [0.15, 0.2) is 267 Å². The molecule has 4 N–H and O–H groups in total. The first-order valence-electron chi connectivity index (χ1n) is 44.1. The number of ketones is 1. The molecule has 0 amide bonds. The molecule has 1 saturated carbocycles. The average Bonchev–Trinajstić information content (AvgIpc) is 1.77. The van der Waals surface area contributed by atoms with Crippen molar-refractivity contribution in [1.82, 2.24) is 45.0 Å². The van der Waals surface area contributed by atoms with Crippen molar-refractivity contribution in [2.45, 2.75) is 164 Å². The van der Waals surface area contributed by atoms with Gasteiger partial charge in [0.05, 0.1) is 64.3 Å². The number of carbonyl (C=O) groups is 1. The second-order valence-electron chi connectivity index (χ2n) is 37.4. The van der Waals surface area contributed by atoms with Gasteiger partial charge in [0.15, 0.2) is 5.78 Å². The monoisotopic (exact) mass is 1770 g/mol. The summed E-state index contributed by atoms with van der Waals surface area (Å²) < 4.78 is 36.7. The number of phenols is 4. The van der Waals surface area contributed by atoms with Gasteiger partial charge in [-0.3, -0.25) is 4.79 Å². The van der Waals surface area contributed by atoms with E-state index < -0.39 is 0 Å². The van der Waals surface area contributed by atoms with E-state index in [-0.39, 0.29) is 44.8 Å².